The molecule has 2 N–H and O–H groups in total. The summed E-state index contributed by atoms with van der Waals surface area (Å²) in [4.78, 5) is 18.8. The molecule has 2 rings (SSSR count). The Bertz CT molecular complexity index is 616. The van der Waals surface area contributed by atoms with Crippen molar-refractivity contribution in [3.8, 4) is 11.8 Å². The molecule has 20 heavy (non-hydrogen) atoms. The van der Waals surface area contributed by atoms with Gasteiger partial charge in [0.15, 0.2) is 6.10 Å². The minimum atomic E-state index is -0.695. The zero-order valence-electron chi connectivity index (χ0n) is 11.0. The molecule has 0 radical (unpaired) electrons. The third kappa shape index (κ3) is 3.36. The molecule has 1 atom stereocenters. The van der Waals surface area contributed by atoms with E-state index in [4.69, 9.17) is 10.00 Å². The van der Waals surface area contributed by atoms with Crippen molar-refractivity contribution < 1.29 is 9.53 Å². The Hall–Kier alpha value is -2.81. The van der Waals surface area contributed by atoms with E-state index in [1.54, 1.807) is 43.6 Å². The number of carbonyl (C=O) groups excluding carboxylic acids is 1. The van der Waals surface area contributed by atoms with Crippen molar-refractivity contribution in [3.63, 3.8) is 0 Å². The molecule has 1 aromatic carbocycles. The molecular formula is C14H14N4O2. The first-order valence-corrected chi connectivity index (χ1v) is 6.12. The van der Waals surface area contributed by atoms with Crippen LogP contribution < -0.4 is 10.1 Å². The summed E-state index contributed by atoms with van der Waals surface area (Å²) in [5.74, 6) is 0.799. The van der Waals surface area contributed by atoms with E-state index in [0.717, 1.165) is 0 Å². The zero-order chi connectivity index (χ0) is 14.4. The van der Waals surface area contributed by atoms with Crippen LogP contribution in [0, 0.1) is 11.3 Å². The highest BCUT2D eigenvalue weighted by molar-refractivity contribution is 5.80. The molecule has 0 aliphatic rings. The normalized spacial score (nSPS) is 11.4. The lowest BCUT2D eigenvalue weighted by molar-refractivity contribution is -0.127. The van der Waals surface area contributed by atoms with Gasteiger partial charge in [0.2, 0.25) is 0 Å². The minimum absolute atomic E-state index is 0.269. The van der Waals surface area contributed by atoms with Crippen molar-refractivity contribution in [1.29, 1.82) is 5.26 Å². The van der Waals surface area contributed by atoms with Crippen LogP contribution in [0.25, 0.3) is 0 Å². The summed E-state index contributed by atoms with van der Waals surface area (Å²) in [7, 11) is 0. The van der Waals surface area contributed by atoms with Gasteiger partial charge in [0.1, 0.15) is 17.6 Å². The van der Waals surface area contributed by atoms with Gasteiger partial charge in [0.25, 0.3) is 5.91 Å². The summed E-state index contributed by atoms with van der Waals surface area (Å²) < 4.78 is 5.50. The van der Waals surface area contributed by atoms with Gasteiger partial charge in [-0.2, -0.15) is 5.26 Å². The van der Waals surface area contributed by atoms with Crippen LogP contribution in [0.4, 0.5) is 0 Å². The van der Waals surface area contributed by atoms with Crippen LogP contribution in [-0.2, 0) is 11.3 Å². The third-order valence-corrected chi connectivity index (χ3v) is 2.67. The molecule has 0 spiro atoms. The van der Waals surface area contributed by atoms with Crippen LogP contribution in [0.1, 0.15) is 18.3 Å². The Morgan fingerprint density at radius 1 is 1.55 bits per heavy atom. The first-order chi connectivity index (χ1) is 9.70. The second-order valence-electron chi connectivity index (χ2n) is 4.12. The minimum Gasteiger partial charge on any atom is -0.480 e. The molecule has 0 saturated carbocycles. The van der Waals surface area contributed by atoms with Gasteiger partial charge in [0, 0.05) is 12.4 Å². The number of rotatable bonds is 5. The molecule has 1 amide bonds. The van der Waals surface area contributed by atoms with Crippen LogP contribution >= 0.6 is 0 Å². The lowest BCUT2D eigenvalue weighted by Gasteiger charge is -2.15. The van der Waals surface area contributed by atoms with E-state index in [1.165, 1.54) is 0 Å². The SMILES string of the molecule is CC(Oc1ccccc1C#N)C(=O)NCc1ncc[nH]1. The standard InChI is InChI=1S/C14H14N4O2/c1-10(14(19)18-9-13-16-6-7-17-13)20-12-5-3-2-4-11(12)8-15/h2-7,10H,9H2,1H3,(H,16,17)(H,18,19). The second kappa shape index (κ2) is 6.38. The van der Waals surface area contributed by atoms with Crippen LogP contribution in [0.2, 0.25) is 0 Å². The summed E-state index contributed by atoms with van der Waals surface area (Å²) >= 11 is 0. The van der Waals surface area contributed by atoms with Crippen molar-refractivity contribution in [1.82, 2.24) is 15.3 Å². The zero-order valence-corrected chi connectivity index (χ0v) is 11.0. The maximum absolute atomic E-state index is 11.9. The van der Waals surface area contributed by atoms with Crippen LogP contribution in [-0.4, -0.2) is 22.0 Å². The number of ether oxygens (including phenoxy) is 1. The fraction of sp³-hybridized carbons (Fsp3) is 0.214. The third-order valence-electron chi connectivity index (χ3n) is 2.67. The summed E-state index contributed by atoms with van der Waals surface area (Å²) in [5.41, 5.74) is 0.401. The smallest absolute Gasteiger partial charge is 0.261 e. The monoisotopic (exact) mass is 270 g/mol. The van der Waals surface area contributed by atoms with Crippen molar-refractivity contribution in [3.05, 3.63) is 48.0 Å². The van der Waals surface area contributed by atoms with Gasteiger partial charge in [-0.05, 0) is 19.1 Å². The van der Waals surface area contributed by atoms with E-state index in [1.807, 2.05) is 6.07 Å². The molecule has 0 aliphatic carbocycles. The topological polar surface area (TPSA) is 90.8 Å². The van der Waals surface area contributed by atoms with Crippen molar-refractivity contribution in [2.45, 2.75) is 19.6 Å². The number of carbonyl (C=O) groups is 1. The molecule has 6 heteroatoms. The van der Waals surface area contributed by atoms with E-state index in [2.05, 4.69) is 15.3 Å². The van der Waals surface area contributed by atoms with Gasteiger partial charge < -0.3 is 15.0 Å². The lowest BCUT2D eigenvalue weighted by atomic mass is 10.2. The molecule has 1 unspecified atom stereocenters. The van der Waals surface area contributed by atoms with Gasteiger partial charge in [-0.25, -0.2) is 4.98 Å². The molecule has 0 aliphatic heterocycles. The highest BCUT2D eigenvalue weighted by atomic mass is 16.5. The molecule has 102 valence electrons. The average Bonchev–Trinajstić information content (AvgIpc) is 2.98. The molecule has 6 nitrogen and oxygen atoms in total. The highest BCUT2D eigenvalue weighted by Crippen LogP contribution is 2.18. The first kappa shape index (κ1) is 13.6. The maximum atomic E-state index is 11.9. The molecule has 0 bridgehead atoms. The Morgan fingerprint density at radius 3 is 3.05 bits per heavy atom. The molecule has 2 aromatic rings. The van der Waals surface area contributed by atoms with E-state index >= 15 is 0 Å². The number of nitrogens with one attached hydrogen (secondary N) is 2. The highest BCUT2D eigenvalue weighted by Gasteiger charge is 2.16. The molecular weight excluding hydrogens is 256 g/mol. The number of imidazole rings is 1. The number of benzene rings is 1. The van der Waals surface area contributed by atoms with Gasteiger partial charge in [-0.3, -0.25) is 4.79 Å². The lowest BCUT2D eigenvalue weighted by Crippen LogP contribution is -2.36. The maximum Gasteiger partial charge on any atom is 0.261 e. The Labute approximate surface area is 116 Å². The summed E-state index contributed by atoms with van der Waals surface area (Å²) in [5, 5.41) is 11.7. The van der Waals surface area contributed by atoms with Crippen molar-refractivity contribution in [2.24, 2.45) is 0 Å². The first-order valence-electron chi connectivity index (χ1n) is 6.12. The predicted molar refractivity (Wildman–Crippen MR) is 71.7 cm³/mol. The number of H-pyrrole nitrogens is 1. The molecule has 1 heterocycles. The van der Waals surface area contributed by atoms with E-state index < -0.39 is 6.10 Å². The number of nitriles is 1. The fourth-order valence-electron chi connectivity index (χ4n) is 1.61. The summed E-state index contributed by atoms with van der Waals surface area (Å²) in [6.07, 6.45) is 2.61. The largest absolute Gasteiger partial charge is 0.480 e. The number of aromatic nitrogens is 2. The number of nitrogens with zero attached hydrogens (tertiary/aromatic N) is 2. The molecule has 0 fully saturated rings. The Morgan fingerprint density at radius 2 is 2.35 bits per heavy atom. The van der Waals surface area contributed by atoms with Crippen molar-refractivity contribution >= 4 is 5.91 Å². The van der Waals surface area contributed by atoms with Gasteiger partial charge in [-0.15, -0.1) is 0 Å². The number of hydrogen-bond acceptors (Lipinski definition) is 4. The second-order valence-corrected chi connectivity index (χ2v) is 4.12. The average molecular weight is 270 g/mol. The van der Waals surface area contributed by atoms with E-state index in [-0.39, 0.29) is 5.91 Å². The molecule has 1 aromatic heterocycles. The van der Waals surface area contributed by atoms with Crippen molar-refractivity contribution in [2.75, 3.05) is 0 Å². The van der Waals surface area contributed by atoms with E-state index in [0.29, 0.717) is 23.7 Å². The summed E-state index contributed by atoms with van der Waals surface area (Å²) in [6.45, 7) is 1.94. The number of amides is 1. The van der Waals surface area contributed by atoms with Crippen LogP contribution in [0.15, 0.2) is 36.7 Å². The predicted octanol–water partition coefficient (Wildman–Crippen LogP) is 1.37. The van der Waals surface area contributed by atoms with Gasteiger partial charge in [-0.1, -0.05) is 12.1 Å². The van der Waals surface area contributed by atoms with Gasteiger partial charge in [0.05, 0.1) is 12.1 Å². The van der Waals surface area contributed by atoms with Crippen LogP contribution in [0.3, 0.4) is 0 Å². The number of aromatic amines is 1. The number of para-hydroxylation sites is 1. The van der Waals surface area contributed by atoms with Crippen LogP contribution in [0.5, 0.6) is 5.75 Å². The van der Waals surface area contributed by atoms with E-state index in [9.17, 15) is 4.79 Å². The van der Waals surface area contributed by atoms with Gasteiger partial charge >= 0.3 is 0 Å². The summed E-state index contributed by atoms with van der Waals surface area (Å²) in [6, 6.07) is 8.82. The molecule has 0 saturated heterocycles. The quantitative estimate of drug-likeness (QED) is 0.858. The fourth-order valence-corrected chi connectivity index (χ4v) is 1.61. The number of hydrogen-bond donors (Lipinski definition) is 2. The Balaban J connectivity index is 1.92. The Kier molecular flexibility index (Phi) is 4.35.